The van der Waals surface area contributed by atoms with Crippen LogP contribution < -0.4 is 27.2 Å². The fourth-order valence-corrected chi connectivity index (χ4v) is 2.30. The maximum Gasteiger partial charge on any atom is 0.328 e. The van der Waals surface area contributed by atoms with Crippen molar-refractivity contribution < 1.29 is 14.4 Å². The molecule has 0 fully saturated rings. The first-order valence-electron chi connectivity index (χ1n) is 9.27. The van der Waals surface area contributed by atoms with Gasteiger partial charge >= 0.3 is 5.69 Å². The van der Waals surface area contributed by atoms with Gasteiger partial charge in [0.25, 0.3) is 17.4 Å². The van der Waals surface area contributed by atoms with Gasteiger partial charge in [0.1, 0.15) is 5.56 Å². The smallest absolute Gasteiger partial charge is 0.328 e. The molecule has 160 valence electrons. The molecule has 0 aliphatic rings. The van der Waals surface area contributed by atoms with Crippen LogP contribution in [0.1, 0.15) is 41.5 Å². The van der Waals surface area contributed by atoms with Crippen molar-refractivity contribution >= 4 is 23.4 Å². The molecule has 0 aliphatic heterocycles. The summed E-state index contributed by atoms with van der Waals surface area (Å²) in [6.07, 6.45) is 1.05. The van der Waals surface area contributed by atoms with Crippen LogP contribution in [-0.4, -0.2) is 40.4 Å². The van der Waals surface area contributed by atoms with Gasteiger partial charge in [-0.25, -0.2) is 4.79 Å². The first-order valence-corrected chi connectivity index (χ1v) is 9.27. The SMILES string of the molecule is Cn1c(=O)[nH]cc(C(=O)NCCNC(=O)c2ccc(NC(=O)C(C)(C)C)cc2)c1=O. The van der Waals surface area contributed by atoms with E-state index in [0.29, 0.717) is 11.3 Å². The van der Waals surface area contributed by atoms with Crippen molar-refractivity contribution in [2.24, 2.45) is 12.5 Å². The van der Waals surface area contributed by atoms with E-state index >= 15 is 0 Å². The van der Waals surface area contributed by atoms with Crippen molar-refractivity contribution in [3.8, 4) is 0 Å². The van der Waals surface area contributed by atoms with Crippen molar-refractivity contribution in [2.75, 3.05) is 18.4 Å². The molecule has 0 saturated heterocycles. The number of amides is 3. The largest absolute Gasteiger partial charge is 0.350 e. The number of carbonyl (C=O) groups excluding carboxylic acids is 3. The molecule has 0 bridgehead atoms. The van der Waals surface area contributed by atoms with E-state index < -0.39 is 22.6 Å². The molecule has 0 saturated carbocycles. The summed E-state index contributed by atoms with van der Waals surface area (Å²) < 4.78 is 0.796. The van der Waals surface area contributed by atoms with Gasteiger partial charge in [-0.15, -0.1) is 0 Å². The predicted octanol–water partition coefficient (Wildman–Crippen LogP) is 0.218. The summed E-state index contributed by atoms with van der Waals surface area (Å²) in [7, 11) is 1.26. The van der Waals surface area contributed by atoms with E-state index in [1.165, 1.54) is 7.05 Å². The van der Waals surface area contributed by atoms with E-state index in [1.807, 2.05) is 0 Å². The number of rotatable bonds is 6. The number of anilines is 1. The quantitative estimate of drug-likeness (QED) is 0.499. The predicted molar refractivity (Wildman–Crippen MR) is 111 cm³/mol. The molecule has 10 nitrogen and oxygen atoms in total. The van der Waals surface area contributed by atoms with Crippen molar-refractivity contribution in [3.05, 3.63) is 62.4 Å². The van der Waals surface area contributed by atoms with Gasteiger partial charge in [0, 0.05) is 43.0 Å². The molecule has 2 aromatic rings. The number of nitrogens with one attached hydrogen (secondary N) is 4. The third kappa shape index (κ3) is 5.66. The summed E-state index contributed by atoms with van der Waals surface area (Å²) in [6, 6.07) is 6.42. The summed E-state index contributed by atoms with van der Waals surface area (Å²) in [5, 5.41) is 7.92. The van der Waals surface area contributed by atoms with Gasteiger partial charge in [-0.1, -0.05) is 20.8 Å². The summed E-state index contributed by atoms with van der Waals surface area (Å²) in [6.45, 7) is 5.64. The monoisotopic (exact) mass is 415 g/mol. The van der Waals surface area contributed by atoms with Crippen LogP contribution in [0.2, 0.25) is 0 Å². The molecular weight excluding hydrogens is 390 g/mol. The molecule has 0 atom stereocenters. The minimum Gasteiger partial charge on any atom is -0.350 e. The van der Waals surface area contributed by atoms with E-state index in [4.69, 9.17) is 0 Å². The Bertz CT molecular complexity index is 1060. The zero-order valence-electron chi connectivity index (χ0n) is 17.3. The highest BCUT2D eigenvalue weighted by molar-refractivity contribution is 5.97. The Balaban J connectivity index is 1.84. The Morgan fingerprint density at radius 3 is 2.10 bits per heavy atom. The average Bonchev–Trinajstić information content (AvgIpc) is 2.69. The van der Waals surface area contributed by atoms with Crippen molar-refractivity contribution in [1.82, 2.24) is 20.2 Å². The first-order chi connectivity index (χ1) is 14.0. The Labute approximate surface area is 172 Å². The second-order valence-corrected chi connectivity index (χ2v) is 7.66. The number of H-pyrrole nitrogens is 1. The molecule has 0 unspecified atom stereocenters. The summed E-state index contributed by atoms with van der Waals surface area (Å²) in [5.74, 6) is -1.13. The number of aromatic nitrogens is 2. The van der Waals surface area contributed by atoms with Crippen LogP contribution in [0.4, 0.5) is 5.69 Å². The van der Waals surface area contributed by atoms with Crippen LogP contribution in [0, 0.1) is 5.41 Å². The van der Waals surface area contributed by atoms with Crippen LogP contribution in [0.5, 0.6) is 0 Å². The molecule has 0 aliphatic carbocycles. The Morgan fingerprint density at radius 1 is 0.967 bits per heavy atom. The first kappa shape index (κ1) is 22.6. The highest BCUT2D eigenvalue weighted by Gasteiger charge is 2.21. The van der Waals surface area contributed by atoms with Gasteiger partial charge in [0.15, 0.2) is 0 Å². The summed E-state index contributed by atoms with van der Waals surface area (Å²) >= 11 is 0. The maximum absolute atomic E-state index is 12.2. The van der Waals surface area contributed by atoms with Crippen LogP contribution in [0.25, 0.3) is 0 Å². The molecule has 1 aromatic carbocycles. The van der Waals surface area contributed by atoms with Crippen molar-refractivity contribution in [2.45, 2.75) is 20.8 Å². The normalized spacial score (nSPS) is 10.9. The number of aromatic amines is 1. The second-order valence-electron chi connectivity index (χ2n) is 7.66. The van der Waals surface area contributed by atoms with E-state index in [1.54, 1.807) is 45.0 Å². The molecule has 30 heavy (non-hydrogen) atoms. The molecule has 4 N–H and O–H groups in total. The fraction of sp³-hybridized carbons (Fsp3) is 0.350. The molecule has 3 amide bonds. The molecule has 0 spiro atoms. The third-order valence-electron chi connectivity index (χ3n) is 4.21. The molecule has 0 radical (unpaired) electrons. The van der Waals surface area contributed by atoms with E-state index in [-0.39, 0.29) is 30.5 Å². The molecule has 1 aromatic heterocycles. The lowest BCUT2D eigenvalue weighted by molar-refractivity contribution is -0.123. The topological polar surface area (TPSA) is 142 Å². The van der Waals surface area contributed by atoms with Gasteiger partial charge in [0.2, 0.25) is 5.91 Å². The lowest BCUT2D eigenvalue weighted by atomic mass is 9.95. The zero-order valence-corrected chi connectivity index (χ0v) is 17.3. The Hall–Kier alpha value is -3.69. The van der Waals surface area contributed by atoms with Crippen LogP contribution in [-0.2, 0) is 11.8 Å². The van der Waals surface area contributed by atoms with Gasteiger partial charge < -0.3 is 20.9 Å². The molecule has 2 rings (SSSR count). The van der Waals surface area contributed by atoms with Gasteiger partial charge in [-0.3, -0.25) is 23.7 Å². The maximum atomic E-state index is 12.2. The summed E-state index contributed by atoms with van der Waals surface area (Å²) in [5.41, 5.74) is -1.08. The lowest BCUT2D eigenvalue weighted by Gasteiger charge is -2.17. The minimum atomic E-state index is -0.709. The molecule has 1 heterocycles. The Morgan fingerprint density at radius 2 is 1.53 bits per heavy atom. The Kier molecular flexibility index (Phi) is 6.93. The third-order valence-corrected chi connectivity index (χ3v) is 4.21. The number of hydrogen-bond donors (Lipinski definition) is 4. The number of carbonyl (C=O) groups is 3. The molecule has 10 heteroatoms. The minimum absolute atomic E-state index is 0.0899. The number of nitrogens with zero attached hydrogens (tertiary/aromatic N) is 1. The summed E-state index contributed by atoms with van der Waals surface area (Å²) in [4.78, 5) is 61.7. The second kappa shape index (κ2) is 9.21. The fourth-order valence-electron chi connectivity index (χ4n) is 2.30. The average molecular weight is 415 g/mol. The van der Waals surface area contributed by atoms with Gasteiger partial charge in [-0.2, -0.15) is 0 Å². The molecular formula is C20H25N5O5. The number of hydrogen-bond acceptors (Lipinski definition) is 5. The lowest BCUT2D eigenvalue weighted by Crippen LogP contribution is -2.41. The highest BCUT2D eigenvalue weighted by atomic mass is 16.2. The van der Waals surface area contributed by atoms with Crippen molar-refractivity contribution in [1.29, 1.82) is 0 Å². The van der Waals surface area contributed by atoms with Crippen LogP contribution in [0.3, 0.4) is 0 Å². The van der Waals surface area contributed by atoms with Crippen LogP contribution in [0.15, 0.2) is 40.1 Å². The number of benzene rings is 1. The van der Waals surface area contributed by atoms with Gasteiger partial charge in [-0.05, 0) is 24.3 Å². The zero-order chi connectivity index (χ0) is 22.5. The van der Waals surface area contributed by atoms with E-state index in [9.17, 15) is 24.0 Å². The van der Waals surface area contributed by atoms with E-state index in [2.05, 4.69) is 20.9 Å². The van der Waals surface area contributed by atoms with Gasteiger partial charge in [0.05, 0.1) is 0 Å². The van der Waals surface area contributed by atoms with Crippen molar-refractivity contribution in [3.63, 3.8) is 0 Å². The van der Waals surface area contributed by atoms with E-state index in [0.717, 1.165) is 10.8 Å². The van der Waals surface area contributed by atoms with Crippen LogP contribution >= 0.6 is 0 Å². The highest BCUT2D eigenvalue weighted by Crippen LogP contribution is 2.17. The standard InChI is InChI=1S/C20H25N5O5/c1-20(2,3)18(29)24-13-7-5-12(6-8-13)15(26)21-9-10-22-16(27)14-11-23-19(30)25(4)17(14)28/h5-8,11H,9-10H2,1-4H3,(H,21,26)(H,22,27)(H,23,30)(H,24,29).